The third-order valence-electron chi connectivity index (χ3n) is 4.43. The number of fused-ring (bicyclic) bond motifs is 1. The van der Waals surface area contributed by atoms with Crippen molar-refractivity contribution in [3.05, 3.63) is 28.3 Å². The first-order chi connectivity index (χ1) is 8.46. The van der Waals surface area contributed by atoms with Crippen LogP contribution in [0.4, 0.5) is 0 Å². The molecule has 1 saturated carbocycles. The van der Waals surface area contributed by atoms with Gasteiger partial charge in [-0.3, -0.25) is 0 Å². The second kappa shape index (κ2) is 3.88. The maximum Gasteiger partial charge on any atom is 0.142 e. The van der Waals surface area contributed by atoms with Crippen molar-refractivity contribution in [1.82, 2.24) is 0 Å². The highest BCUT2D eigenvalue weighted by Gasteiger charge is 2.40. The SMILES string of the molecule is CC1(C)Cc2cc(C3(CN)CCC3)cc(Cl)c2O1. The predicted molar refractivity (Wildman–Crippen MR) is 74.4 cm³/mol. The molecule has 0 atom stereocenters. The highest BCUT2D eigenvalue weighted by atomic mass is 35.5. The standard InChI is InChI=1S/C15H20ClNO/c1-14(2)8-10-6-11(7-12(16)13(10)18-14)15(9-17)4-3-5-15/h6-7H,3-5,8-9,17H2,1-2H3. The summed E-state index contributed by atoms with van der Waals surface area (Å²) in [7, 11) is 0. The van der Waals surface area contributed by atoms with E-state index in [0.29, 0.717) is 6.54 Å². The van der Waals surface area contributed by atoms with Crippen molar-refractivity contribution in [2.24, 2.45) is 5.73 Å². The number of hydrogen-bond acceptors (Lipinski definition) is 2. The van der Waals surface area contributed by atoms with Crippen molar-refractivity contribution < 1.29 is 4.74 Å². The van der Waals surface area contributed by atoms with E-state index >= 15 is 0 Å². The maximum atomic E-state index is 6.38. The fourth-order valence-electron chi connectivity index (χ4n) is 3.19. The number of nitrogens with two attached hydrogens (primary N) is 1. The third-order valence-corrected chi connectivity index (χ3v) is 4.71. The largest absolute Gasteiger partial charge is 0.486 e. The lowest BCUT2D eigenvalue weighted by Crippen LogP contribution is -2.41. The Morgan fingerprint density at radius 1 is 1.33 bits per heavy atom. The normalized spacial score (nSPS) is 23.1. The van der Waals surface area contributed by atoms with Crippen LogP contribution in [0.3, 0.4) is 0 Å². The summed E-state index contributed by atoms with van der Waals surface area (Å²) in [5, 5.41) is 0.743. The molecule has 0 radical (unpaired) electrons. The lowest BCUT2D eigenvalue weighted by atomic mass is 9.64. The summed E-state index contributed by atoms with van der Waals surface area (Å²) < 4.78 is 5.91. The van der Waals surface area contributed by atoms with Crippen molar-refractivity contribution in [3.8, 4) is 5.75 Å². The molecule has 0 unspecified atom stereocenters. The van der Waals surface area contributed by atoms with Gasteiger partial charge in [-0.05, 0) is 43.9 Å². The van der Waals surface area contributed by atoms with Gasteiger partial charge in [0, 0.05) is 18.4 Å². The lowest BCUT2D eigenvalue weighted by molar-refractivity contribution is 0.138. The smallest absolute Gasteiger partial charge is 0.142 e. The first-order valence-corrected chi connectivity index (χ1v) is 7.06. The molecule has 3 heteroatoms. The number of benzene rings is 1. The van der Waals surface area contributed by atoms with E-state index in [1.54, 1.807) is 0 Å². The first-order valence-electron chi connectivity index (χ1n) is 6.68. The molecule has 1 heterocycles. The van der Waals surface area contributed by atoms with Gasteiger partial charge in [0.1, 0.15) is 11.4 Å². The first kappa shape index (κ1) is 12.3. The predicted octanol–water partition coefficient (Wildman–Crippen LogP) is 3.43. The number of hydrogen-bond donors (Lipinski definition) is 1. The highest BCUT2D eigenvalue weighted by molar-refractivity contribution is 6.32. The summed E-state index contributed by atoms with van der Waals surface area (Å²) in [5.74, 6) is 0.872. The molecule has 0 bridgehead atoms. The van der Waals surface area contributed by atoms with Gasteiger partial charge in [0.2, 0.25) is 0 Å². The Hall–Kier alpha value is -0.730. The monoisotopic (exact) mass is 265 g/mol. The molecular formula is C15H20ClNO. The highest BCUT2D eigenvalue weighted by Crippen LogP contribution is 2.48. The summed E-state index contributed by atoms with van der Waals surface area (Å²) in [4.78, 5) is 0. The van der Waals surface area contributed by atoms with E-state index < -0.39 is 0 Å². The summed E-state index contributed by atoms with van der Waals surface area (Å²) in [5.41, 5.74) is 8.55. The average molecular weight is 266 g/mol. The van der Waals surface area contributed by atoms with E-state index in [-0.39, 0.29) is 11.0 Å². The zero-order valence-electron chi connectivity index (χ0n) is 11.1. The maximum absolute atomic E-state index is 6.38. The number of halogens is 1. The quantitative estimate of drug-likeness (QED) is 0.889. The number of ether oxygens (including phenoxy) is 1. The van der Waals surface area contributed by atoms with Crippen LogP contribution in [0.2, 0.25) is 5.02 Å². The molecule has 2 aliphatic rings. The van der Waals surface area contributed by atoms with Crippen molar-refractivity contribution in [2.75, 3.05) is 6.54 Å². The van der Waals surface area contributed by atoms with Crippen LogP contribution >= 0.6 is 11.6 Å². The van der Waals surface area contributed by atoms with E-state index in [9.17, 15) is 0 Å². The van der Waals surface area contributed by atoms with Gasteiger partial charge in [-0.1, -0.05) is 24.1 Å². The molecule has 1 aromatic carbocycles. The van der Waals surface area contributed by atoms with Crippen LogP contribution in [-0.4, -0.2) is 12.1 Å². The Morgan fingerprint density at radius 3 is 2.61 bits per heavy atom. The Balaban J connectivity index is 2.04. The van der Waals surface area contributed by atoms with Gasteiger partial charge in [-0.2, -0.15) is 0 Å². The van der Waals surface area contributed by atoms with E-state index in [0.717, 1.165) is 17.2 Å². The molecule has 0 amide bonds. The van der Waals surface area contributed by atoms with Crippen LogP contribution in [0.5, 0.6) is 5.75 Å². The second-order valence-electron chi connectivity index (χ2n) is 6.32. The molecule has 1 fully saturated rings. The Bertz CT molecular complexity index is 486. The summed E-state index contributed by atoms with van der Waals surface area (Å²) >= 11 is 6.38. The Labute approximate surface area is 113 Å². The van der Waals surface area contributed by atoms with E-state index in [4.69, 9.17) is 22.1 Å². The fourth-order valence-corrected chi connectivity index (χ4v) is 3.46. The zero-order chi connectivity index (χ0) is 13.0. The van der Waals surface area contributed by atoms with Crippen molar-refractivity contribution in [2.45, 2.75) is 50.5 Å². The molecule has 18 heavy (non-hydrogen) atoms. The van der Waals surface area contributed by atoms with E-state index in [1.165, 1.54) is 30.4 Å². The summed E-state index contributed by atoms with van der Waals surface area (Å²) in [6, 6.07) is 4.33. The molecule has 0 spiro atoms. The summed E-state index contributed by atoms with van der Waals surface area (Å²) in [6.07, 6.45) is 4.57. The minimum atomic E-state index is -0.139. The minimum Gasteiger partial charge on any atom is -0.486 e. The minimum absolute atomic E-state index is 0.139. The molecular weight excluding hydrogens is 246 g/mol. The topological polar surface area (TPSA) is 35.2 Å². The van der Waals surface area contributed by atoms with Gasteiger partial charge in [-0.15, -0.1) is 0 Å². The van der Waals surface area contributed by atoms with Crippen LogP contribution in [0, 0.1) is 0 Å². The van der Waals surface area contributed by atoms with Crippen LogP contribution < -0.4 is 10.5 Å². The second-order valence-corrected chi connectivity index (χ2v) is 6.73. The van der Waals surface area contributed by atoms with Gasteiger partial charge < -0.3 is 10.5 Å². The lowest BCUT2D eigenvalue weighted by Gasteiger charge is -2.41. The molecule has 3 rings (SSSR count). The van der Waals surface area contributed by atoms with E-state index in [1.807, 2.05) is 0 Å². The molecule has 98 valence electrons. The van der Waals surface area contributed by atoms with Crippen LogP contribution in [-0.2, 0) is 11.8 Å². The van der Waals surface area contributed by atoms with Crippen LogP contribution in [0.25, 0.3) is 0 Å². The average Bonchev–Trinajstić information content (AvgIpc) is 2.52. The molecule has 2 N–H and O–H groups in total. The van der Waals surface area contributed by atoms with E-state index in [2.05, 4.69) is 26.0 Å². The van der Waals surface area contributed by atoms with Crippen molar-refractivity contribution >= 4 is 11.6 Å². The Kier molecular flexibility index (Phi) is 2.65. The molecule has 2 nitrogen and oxygen atoms in total. The van der Waals surface area contributed by atoms with Crippen LogP contribution in [0.15, 0.2) is 12.1 Å². The van der Waals surface area contributed by atoms with Gasteiger partial charge in [0.25, 0.3) is 0 Å². The van der Waals surface area contributed by atoms with Crippen molar-refractivity contribution in [1.29, 1.82) is 0 Å². The third kappa shape index (κ3) is 1.74. The van der Waals surface area contributed by atoms with Gasteiger partial charge in [0.05, 0.1) is 5.02 Å². The van der Waals surface area contributed by atoms with Crippen LogP contribution in [0.1, 0.15) is 44.2 Å². The van der Waals surface area contributed by atoms with Crippen molar-refractivity contribution in [3.63, 3.8) is 0 Å². The number of rotatable bonds is 2. The van der Waals surface area contributed by atoms with Gasteiger partial charge >= 0.3 is 0 Å². The fraction of sp³-hybridized carbons (Fsp3) is 0.600. The molecule has 1 aromatic rings. The molecule has 0 aromatic heterocycles. The Morgan fingerprint density at radius 2 is 2.06 bits per heavy atom. The van der Waals surface area contributed by atoms with Gasteiger partial charge in [0.15, 0.2) is 0 Å². The molecule has 1 aliphatic heterocycles. The molecule has 1 aliphatic carbocycles. The summed E-state index contributed by atoms with van der Waals surface area (Å²) in [6.45, 7) is 4.92. The zero-order valence-corrected chi connectivity index (χ0v) is 11.8. The van der Waals surface area contributed by atoms with Gasteiger partial charge in [-0.25, -0.2) is 0 Å². The molecule has 0 saturated heterocycles.